The van der Waals surface area contributed by atoms with Crippen molar-refractivity contribution < 1.29 is 14.4 Å². The van der Waals surface area contributed by atoms with Gasteiger partial charge >= 0.3 is 6.03 Å². The molecular formula is C18H24N4O3. The Morgan fingerprint density at radius 1 is 1.44 bits per heavy atom. The number of hydrogen-bond donors (Lipinski definition) is 2. The van der Waals surface area contributed by atoms with E-state index in [1.165, 1.54) is 0 Å². The van der Waals surface area contributed by atoms with Crippen molar-refractivity contribution in [2.75, 3.05) is 13.1 Å². The van der Waals surface area contributed by atoms with Crippen LogP contribution in [0.1, 0.15) is 49.5 Å². The number of benzene rings is 1. The van der Waals surface area contributed by atoms with Gasteiger partial charge in [-0.1, -0.05) is 42.4 Å². The van der Waals surface area contributed by atoms with Crippen molar-refractivity contribution >= 4 is 6.03 Å². The topological polar surface area (TPSA) is 91.5 Å². The first-order valence-corrected chi connectivity index (χ1v) is 8.78. The average Bonchev–Trinajstić information content (AvgIpc) is 3.09. The highest BCUT2D eigenvalue weighted by Gasteiger charge is 2.27. The number of β-amino-alcohol motifs (C(OH)–C–C–N with tert-alkyl or cyclic N) is 1. The number of hydrogen-bond acceptors (Lipinski definition) is 5. The molecule has 1 fully saturated rings. The molecule has 1 aromatic carbocycles. The Bertz CT molecular complexity index is 689. The Labute approximate surface area is 147 Å². The minimum absolute atomic E-state index is 0.227. The number of piperidine rings is 1. The maximum Gasteiger partial charge on any atom is 0.318 e. The summed E-state index contributed by atoms with van der Waals surface area (Å²) in [5.41, 5.74) is 0.886. The maximum absolute atomic E-state index is 12.7. The van der Waals surface area contributed by atoms with Crippen LogP contribution in [0, 0.1) is 0 Å². The van der Waals surface area contributed by atoms with Crippen molar-refractivity contribution in [3.05, 3.63) is 47.6 Å². The number of carbonyl (C=O) groups excluding carboxylic acids is 1. The van der Waals surface area contributed by atoms with Crippen molar-refractivity contribution in [3.63, 3.8) is 0 Å². The Balaban J connectivity index is 1.80. The van der Waals surface area contributed by atoms with Gasteiger partial charge in [-0.05, 0) is 24.8 Å². The maximum atomic E-state index is 12.7. The molecule has 0 radical (unpaired) electrons. The molecule has 2 unspecified atom stereocenters. The lowest BCUT2D eigenvalue weighted by Gasteiger charge is -2.31. The van der Waals surface area contributed by atoms with Gasteiger partial charge in [-0.25, -0.2) is 4.79 Å². The molecular weight excluding hydrogens is 320 g/mol. The van der Waals surface area contributed by atoms with Crippen LogP contribution in [-0.2, 0) is 6.42 Å². The van der Waals surface area contributed by atoms with Crippen LogP contribution in [0.15, 0.2) is 34.9 Å². The van der Waals surface area contributed by atoms with Crippen LogP contribution in [0.5, 0.6) is 0 Å². The van der Waals surface area contributed by atoms with Crippen LogP contribution in [-0.4, -0.2) is 45.4 Å². The van der Waals surface area contributed by atoms with Crippen LogP contribution >= 0.6 is 0 Å². The van der Waals surface area contributed by atoms with Gasteiger partial charge in [-0.3, -0.25) is 0 Å². The number of carbonyl (C=O) groups is 1. The molecule has 2 heterocycles. The summed E-state index contributed by atoms with van der Waals surface area (Å²) in [5.74, 6) is 1.02. The number of urea groups is 1. The van der Waals surface area contributed by atoms with Gasteiger partial charge in [0.25, 0.3) is 0 Å². The van der Waals surface area contributed by atoms with Gasteiger partial charge in [-0.15, -0.1) is 0 Å². The van der Waals surface area contributed by atoms with E-state index in [9.17, 15) is 9.90 Å². The van der Waals surface area contributed by atoms with E-state index in [0.717, 1.165) is 24.8 Å². The molecule has 0 bridgehead atoms. The molecule has 1 aliphatic heterocycles. The van der Waals surface area contributed by atoms with E-state index in [4.69, 9.17) is 4.52 Å². The van der Waals surface area contributed by atoms with Crippen molar-refractivity contribution in [2.45, 2.75) is 44.8 Å². The van der Waals surface area contributed by atoms with E-state index in [1.54, 1.807) is 4.90 Å². The predicted octanol–water partition coefficient (Wildman–Crippen LogP) is 2.28. The molecule has 1 saturated heterocycles. The van der Waals surface area contributed by atoms with Gasteiger partial charge < -0.3 is 19.8 Å². The van der Waals surface area contributed by atoms with E-state index in [0.29, 0.717) is 31.2 Å². The number of aromatic nitrogens is 2. The SMILES string of the molecule is CCCc1nc(C(NC(=O)N2CCCC(O)C2)c2ccccc2)no1. The molecule has 0 spiro atoms. The fourth-order valence-electron chi connectivity index (χ4n) is 3.00. The third-order valence-corrected chi connectivity index (χ3v) is 4.29. The van der Waals surface area contributed by atoms with Crippen molar-refractivity contribution in [1.29, 1.82) is 0 Å². The minimum Gasteiger partial charge on any atom is -0.391 e. The molecule has 2 N–H and O–H groups in total. The molecule has 1 aliphatic rings. The summed E-state index contributed by atoms with van der Waals surface area (Å²) in [6, 6.07) is 8.87. The molecule has 25 heavy (non-hydrogen) atoms. The quantitative estimate of drug-likeness (QED) is 0.868. The van der Waals surface area contributed by atoms with Crippen LogP contribution in [0.4, 0.5) is 4.79 Å². The number of aryl methyl sites for hydroxylation is 1. The first kappa shape index (κ1) is 17.4. The monoisotopic (exact) mass is 344 g/mol. The molecule has 1 aromatic heterocycles. The molecule has 0 saturated carbocycles. The number of aliphatic hydroxyl groups is 1. The average molecular weight is 344 g/mol. The van der Waals surface area contributed by atoms with Gasteiger partial charge in [-0.2, -0.15) is 4.98 Å². The molecule has 7 nitrogen and oxygen atoms in total. The van der Waals surface area contributed by atoms with E-state index >= 15 is 0 Å². The van der Waals surface area contributed by atoms with Crippen molar-refractivity contribution in [1.82, 2.24) is 20.4 Å². The first-order valence-electron chi connectivity index (χ1n) is 8.78. The number of rotatable bonds is 5. The predicted molar refractivity (Wildman–Crippen MR) is 91.9 cm³/mol. The number of nitrogens with one attached hydrogen (secondary N) is 1. The van der Waals surface area contributed by atoms with Gasteiger partial charge in [0.15, 0.2) is 5.82 Å². The highest BCUT2D eigenvalue weighted by atomic mass is 16.5. The third-order valence-electron chi connectivity index (χ3n) is 4.29. The van der Waals surface area contributed by atoms with Crippen LogP contribution < -0.4 is 5.32 Å². The minimum atomic E-state index is -0.484. The van der Waals surface area contributed by atoms with E-state index in [1.807, 2.05) is 37.3 Å². The summed E-state index contributed by atoms with van der Waals surface area (Å²) >= 11 is 0. The zero-order valence-electron chi connectivity index (χ0n) is 14.4. The van der Waals surface area contributed by atoms with Crippen LogP contribution in [0.3, 0.4) is 0 Å². The Kier molecular flexibility index (Phi) is 5.65. The summed E-state index contributed by atoms with van der Waals surface area (Å²) in [6.07, 6.45) is 2.69. The normalized spacial score (nSPS) is 18.8. The van der Waals surface area contributed by atoms with E-state index in [-0.39, 0.29) is 6.03 Å². The smallest absolute Gasteiger partial charge is 0.318 e. The van der Waals surface area contributed by atoms with Crippen LogP contribution in [0.2, 0.25) is 0 Å². The van der Waals surface area contributed by atoms with Crippen molar-refractivity contribution in [2.24, 2.45) is 0 Å². The van der Waals surface area contributed by atoms with Gasteiger partial charge in [0.1, 0.15) is 6.04 Å². The molecule has 134 valence electrons. The first-order chi connectivity index (χ1) is 12.2. The molecule has 3 rings (SSSR count). The molecule has 0 aliphatic carbocycles. The second-order valence-corrected chi connectivity index (χ2v) is 6.33. The fourth-order valence-corrected chi connectivity index (χ4v) is 3.00. The lowest BCUT2D eigenvalue weighted by molar-refractivity contribution is 0.0836. The Morgan fingerprint density at radius 3 is 2.96 bits per heavy atom. The van der Waals surface area contributed by atoms with Gasteiger partial charge in [0.05, 0.1) is 6.10 Å². The number of aliphatic hydroxyl groups excluding tert-OH is 1. The molecule has 2 aromatic rings. The zero-order chi connectivity index (χ0) is 17.6. The number of amides is 2. The summed E-state index contributed by atoms with van der Waals surface area (Å²) in [4.78, 5) is 18.7. The molecule has 7 heteroatoms. The second kappa shape index (κ2) is 8.11. The fraction of sp³-hybridized carbons (Fsp3) is 0.500. The van der Waals surface area contributed by atoms with Gasteiger partial charge in [0, 0.05) is 19.5 Å². The summed E-state index contributed by atoms with van der Waals surface area (Å²) in [6.45, 7) is 3.03. The number of nitrogens with zero attached hydrogens (tertiary/aromatic N) is 3. The lowest BCUT2D eigenvalue weighted by atomic mass is 10.1. The van der Waals surface area contributed by atoms with E-state index < -0.39 is 12.1 Å². The third kappa shape index (κ3) is 4.36. The summed E-state index contributed by atoms with van der Waals surface area (Å²) < 4.78 is 5.29. The second-order valence-electron chi connectivity index (χ2n) is 6.33. The van der Waals surface area contributed by atoms with Crippen LogP contribution in [0.25, 0.3) is 0 Å². The molecule has 2 amide bonds. The number of likely N-dealkylation sites (tertiary alicyclic amines) is 1. The largest absolute Gasteiger partial charge is 0.391 e. The van der Waals surface area contributed by atoms with Crippen molar-refractivity contribution in [3.8, 4) is 0 Å². The highest BCUT2D eigenvalue weighted by molar-refractivity contribution is 5.75. The summed E-state index contributed by atoms with van der Waals surface area (Å²) in [5, 5.41) is 16.8. The molecule has 2 atom stereocenters. The Morgan fingerprint density at radius 2 is 2.24 bits per heavy atom. The summed E-state index contributed by atoms with van der Waals surface area (Å²) in [7, 11) is 0. The zero-order valence-corrected chi connectivity index (χ0v) is 14.4. The van der Waals surface area contributed by atoms with Gasteiger partial charge in [0.2, 0.25) is 5.89 Å². The Hall–Kier alpha value is -2.41. The highest BCUT2D eigenvalue weighted by Crippen LogP contribution is 2.21. The lowest BCUT2D eigenvalue weighted by Crippen LogP contribution is -2.48. The standard InChI is InChI=1S/C18H24N4O3/c1-2-7-15-19-17(21-25-15)16(13-8-4-3-5-9-13)20-18(24)22-11-6-10-14(23)12-22/h3-5,8-9,14,16,23H,2,6-7,10-12H2,1H3,(H,20,24). The van der Waals surface area contributed by atoms with E-state index in [2.05, 4.69) is 15.5 Å².